The van der Waals surface area contributed by atoms with Crippen molar-refractivity contribution in [3.8, 4) is 17.0 Å². The molecule has 1 aromatic heterocycles. The van der Waals surface area contributed by atoms with Crippen molar-refractivity contribution in [2.24, 2.45) is 0 Å². The first kappa shape index (κ1) is 14.1. The van der Waals surface area contributed by atoms with E-state index in [4.69, 9.17) is 4.74 Å². The number of benzene rings is 1. The Morgan fingerprint density at radius 1 is 1.25 bits per heavy atom. The van der Waals surface area contributed by atoms with Gasteiger partial charge in [-0.05, 0) is 30.7 Å². The lowest BCUT2D eigenvalue weighted by Crippen LogP contribution is -2.05. The topological polar surface area (TPSA) is 59.4 Å². The second kappa shape index (κ2) is 6.19. The summed E-state index contributed by atoms with van der Waals surface area (Å²) >= 11 is 0. The minimum atomic E-state index is -0.937. The molecular weight excluding hydrogens is 254 g/mol. The number of pyridine rings is 1. The van der Waals surface area contributed by atoms with Crippen molar-refractivity contribution in [2.75, 3.05) is 7.11 Å². The van der Waals surface area contributed by atoms with E-state index in [1.54, 1.807) is 19.2 Å². The zero-order chi connectivity index (χ0) is 14.5. The van der Waals surface area contributed by atoms with Crippen molar-refractivity contribution in [3.05, 3.63) is 47.7 Å². The number of hydrogen-bond donors (Lipinski definition) is 1. The third-order valence-electron chi connectivity index (χ3n) is 3.07. The smallest absolute Gasteiger partial charge is 0.337 e. The van der Waals surface area contributed by atoms with Gasteiger partial charge in [-0.25, -0.2) is 4.79 Å². The number of ether oxygens (including phenoxy) is 1. The van der Waals surface area contributed by atoms with Gasteiger partial charge in [0.15, 0.2) is 0 Å². The zero-order valence-electron chi connectivity index (χ0n) is 11.6. The van der Waals surface area contributed by atoms with E-state index in [9.17, 15) is 9.90 Å². The van der Waals surface area contributed by atoms with Crippen LogP contribution in [0.25, 0.3) is 11.3 Å². The Kier molecular flexibility index (Phi) is 4.35. The third-order valence-corrected chi connectivity index (χ3v) is 3.07. The predicted octanol–water partition coefficient (Wildman–Crippen LogP) is 3.41. The average Bonchev–Trinajstić information content (AvgIpc) is 2.47. The highest BCUT2D eigenvalue weighted by Crippen LogP contribution is 2.29. The quantitative estimate of drug-likeness (QED) is 0.905. The molecule has 0 spiro atoms. The number of aromatic carboxylic acids is 1. The number of carbonyl (C=O) groups is 1. The Balaban J connectivity index is 2.53. The summed E-state index contributed by atoms with van der Waals surface area (Å²) in [5, 5.41) is 9.19. The molecule has 20 heavy (non-hydrogen) atoms. The molecule has 0 atom stereocenters. The van der Waals surface area contributed by atoms with Crippen LogP contribution in [0.3, 0.4) is 0 Å². The van der Waals surface area contributed by atoms with Gasteiger partial charge in [0.05, 0.1) is 24.1 Å². The van der Waals surface area contributed by atoms with Gasteiger partial charge in [-0.1, -0.05) is 25.5 Å². The molecule has 4 heteroatoms. The molecule has 0 saturated heterocycles. The SMILES string of the molecule is CCCc1nc(-c2ccccc2OC)ccc1C(=O)O. The standard InChI is InChI=1S/C16H17NO3/c1-3-6-13-12(16(18)19)9-10-14(17-13)11-7-4-5-8-15(11)20-2/h4-5,7-10H,3,6H2,1-2H3,(H,18,19). The van der Waals surface area contributed by atoms with Crippen LogP contribution in [0.15, 0.2) is 36.4 Å². The van der Waals surface area contributed by atoms with E-state index in [0.29, 0.717) is 12.1 Å². The first-order valence-corrected chi connectivity index (χ1v) is 6.54. The molecule has 4 nitrogen and oxygen atoms in total. The molecule has 0 unspecified atom stereocenters. The Morgan fingerprint density at radius 2 is 2.00 bits per heavy atom. The molecule has 104 valence electrons. The molecule has 1 heterocycles. The highest BCUT2D eigenvalue weighted by molar-refractivity contribution is 5.89. The maximum atomic E-state index is 11.2. The van der Waals surface area contributed by atoms with E-state index in [0.717, 1.165) is 23.4 Å². The van der Waals surface area contributed by atoms with Gasteiger partial charge >= 0.3 is 5.97 Å². The summed E-state index contributed by atoms with van der Waals surface area (Å²) in [6.45, 7) is 2.00. The number of aromatic nitrogens is 1. The summed E-state index contributed by atoms with van der Waals surface area (Å²) in [7, 11) is 1.61. The van der Waals surface area contributed by atoms with Crippen LogP contribution in [0, 0.1) is 0 Å². The molecule has 0 aliphatic rings. The summed E-state index contributed by atoms with van der Waals surface area (Å²) in [5.74, 6) is -0.210. The van der Waals surface area contributed by atoms with E-state index in [1.165, 1.54) is 0 Å². The highest BCUT2D eigenvalue weighted by Gasteiger charge is 2.14. The zero-order valence-corrected chi connectivity index (χ0v) is 11.6. The van der Waals surface area contributed by atoms with Crippen molar-refractivity contribution >= 4 is 5.97 Å². The molecule has 0 aliphatic carbocycles. The lowest BCUT2D eigenvalue weighted by atomic mass is 10.1. The predicted molar refractivity (Wildman–Crippen MR) is 77.2 cm³/mol. The summed E-state index contributed by atoms with van der Waals surface area (Å²) in [4.78, 5) is 15.7. The number of methoxy groups -OCH3 is 1. The normalized spacial score (nSPS) is 10.3. The van der Waals surface area contributed by atoms with Crippen LogP contribution in [-0.4, -0.2) is 23.2 Å². The van der Waals surface area contributed by atoms with Crippen LogP contribution in [-0.2, 0) is 6.42 Å². The van der Waals surface area contributed by atoms with Crippen molar-refractivity contribution in [1.82, 2.24) is 4.98 Å². The number of rotatable bonds is 5. The Bertz CT molecular complexity index is 623. The first-order chi connectivity index (χ1) is 9.67. The average molecular weight is 271 g/mol. The van der Waals surface area contributed by atoms with Crippen LogP contribution >= 0.6 is 0 Å². The maximum Gasteiger partial charge on any atom is 0.337 e. The molecule has 0 saturated carbocycles. The Labute approximate surface area is 118 Å². The fourth-order valence-corrected chi connectivity index (χ4v) is 2.13. The van der Waals surface area contributed by atoms with E-state index in [2.05, 4.69) is 4.98 Å². The van der Waals surface area contributed by atoms with E-state index in [-0.39, 0.29) is 5.56 Å². The van der Waals surface area contributed by atoms with Crippen molar-refractivity contribution in [2.45, 2.75) is 19.8 Å². The van der Waals surface area contributed by atoms with Gasteiger partial charge in [0.2, 0.25) is 0 Å². The number of nitrogens with zero attached hydrogens (tertiary/aromatic N) is 1. The fourth-order valence-electron chi connectivity index (χ4n) is 2.13. The van der Waals surface area contributed by atoms with Crippen LogP contribution in [0.4, 0.5) is 0 Å². The van der Waals surface area contributed by atoms with Crippen molar-refractivity contribution in [1.29, 1.82) is 0 Å². The lowest BCUT2D eigenvalue weighted by Gasteiger charge is -2.10. The van der Waals surface area contributed by atoms with Gasteiger partial charge in [-0.3, -0.25) is 4.98 Å². The van der Waals surface area contributed by atoms with Crippen molar-refractivity contribution in [3.63, 3.8) is 0 Å². The Morgan fingerprint density at radius 3 is 2.65 bits per heavy atom. The van der Waals surface area contributed by atoms with Gasteiger partial charge in [0.1, 0.15) is 5.75 Å². The third kappa shape index (κ3) is 2.79. The molecule has 0 radical (unpaired) electrons. The second-order valence-electron chi connectivity index (χ2n) is 4.45. The molecule has 0 fully saturated rings. The molecule has 1 N–H and O–H groups in total. The van der Waals surface area contributed by atoms with E-state index in [1.807, 2.05) is 31.2 Å². The monoisotopic (exact) mass is 271 g/mol. The maximum absolute atomic E-state index is 11.2. The van der Waals surface area contributed by atoms with E-state index < -0.39 is 5.97 Å². The largest absolute Gasteiger partial charge is 0.496 e. The number of hydrogen-bond acceptors (Lipinski definition) is 3. The molecule has 0 bridgehead atoms. The minimum Gasteiger partial charge on any atom is -0.496 e. The summed E-state index contributed by atoms with van der Waals surface area (Å²) in [6, 6.07) is 10.9. The number of aryl methyl sites for hydroxylation is 1. The molecule has 1 aromatic carbocycles. The molecule has 2 aromatic rings. The van der Waals surface area contributed by atoms with Crippen LogP contribution in [0.1, 0.15) is 29.4 Å². The van der Waals surface area contributed by atoms with Crippen LogP contribution in [0.5, 0.6) is 5.75 Å². The van der Waals surface area contributed by atoms with Crippen molar-refractivity contribution < 1.29 is 14.6 Å². The molecule has 0 aliphatic heterocycles. The van der Waals surface area contributed by atoms with Gasteiger partial charge in [0.25, 0.3) is 0 Å². The summed E-state index contributed by atoms with van der Waals surface area (Å²) in [5.41, 5.74) is 2.48. The van der Waals surface area contributed by atoms with Gasteiger partial charge in [-0.2, -0.15) is 0 Å². The fraction of sp³-hybridized carbons (Fsp3) is 0.250. The van der Waals surface area contributed by atoms with Crippen LogP contribution < -0.4 is 4.74 Å². The highest BCUT2D eigenvalue weighted by atomic mass is 16.5. The molecule has 2 rings (SSSR count). The number of carboxylic acid groups (broad SMARTS) is 1. The number of para-hydroxylation sites is 1. The number of carboxylic acids is 1. The minimum absolute atomic E-state index is 0.269. The molecule has 0 amide bonds. The molecular formula is C16H17NO3. The van der Waals surface area contributed by atoms with Gasteiger partial charge < -0.3 is 9.84 Å². The van der Waals surface area contributed by atoms with E-state index >= 15 is 0 Å². The van der Waals surface area contributed by atoms with Gasteiger partial charge in [0, 0.05) is 5.56 Å². The van der Waals surface area contributed by atoms with Crippen LogP contribution in [0.2, 0.25) is 0 Å². The van der Waals surface area contributed by atoms with Gasteiger partial charge in [-0.15, -0.1) is 0 Å². The lowest BCUT2D eigenvalue weighted by molar-refractivity contribution is 0.0695. The summed E-state index contributed by atoms with van der Waals surface area (Å²) < 4.78 is 5.32. The Hall–Kier alpha value is -2.36. The second-order valence-corrected chi connectivity index (χ2v) is 4.45. The first-order valence-electron chi connectivity index (χ1n) is 6.54. The summed E-state index contributed by atoms with van der Waals surface area (Å²) in [6.07, 6.45) is 1.49.